The zero-order valence-corrected chi connectivity index (χ0v) is 9.37. The number of rotatable bonds is 5. The molecule has 0 unspecified atom stereocenters. The highest BCUT2D eigenvalue weighted by Gasteiger charge is 2.19. The summed E-state index contributed by atoms with van der Waals surface area (Å²) in [7, 11) is 0. The largest absolute Gasteiger partial charge is 0.393 e. The monoisotopic (exact) mass is 215 g/mol. The zero-order valence-electron chi connectivity index (χ0n) is 9.37. The van der Waals surface area contributed by atoms with E-state index in [9.17, 15) is 9.90 Å². The molecule has 1 saturated carbocycles. The molecule has 0 bridgehead atoms. The second kappa shape index (κ2) is 6.80. The van der Waals surface area contributed by atoms with Gasteiger partial charge >= 0.3 is 0 Å². The highest BCUT2D eigenvalue weighted by Crippen LogP contribution is 2.23. The highest BCUT2D eigenvalue weighted by molar-refractivity contribution is 5.77. The van der Waals surface area contributed by atoms with Crippen LogP contribution in [0.4, 0.5) is 0 Å². The molecule has 0 spiro atoms. The lowest BCUT2D eigenvalue weighted by atomic mass is 9.87. The fraction of sp³-hybridized carbons (Fsp3) is 0.909. The quantitative estimate of drug-likeness (QED) is 0.709. The third-order valence-electron chi connectivity index (χ3n) is 2.84. The Balaban J connectivity index is 2.06. The molecule has 88 valence electrons. The van der Waals surface area contributed by atoms with Crippen LogP contribution in [-0.4, -0.2) is 36.9 Å². The lowest BCUT2D eigenvalue weighted by molar-refractivity contribution is -0.125. The number of nitrogens with one attached hydrogen (secondary N) is 1. The summed E-state index contributed by atoms with van der Waals surface area (Å²) < 4.78 is 5.00. The van der Waals surface area contributed by atoms with E-state index < -0.39 is 0 Å². The fourth-order valence-corrected chi connectivity index (χ4v) is 1.85. The molecule has 4 heteroatoms. The van der Waals surface area contributed by atoms with E-state index in [0.717, 1.165) is 32.2 Å². The van der Waals surface area contributed by atoms with Crippen molar-refractivity contribution >= 4 is 5.91 Å². The maximum Gasteiger partial charge on any atom is 0.246 e. The SMILES string of the molecule is CCOCC(=O)NCC1CCC(O)CC1. The van der Waals surface area contributed by atoms with Crippen LogP contribution in [0, 0.1) is 5.92 Å². The van der Waals surface area contributed by atoms with Crippen molar-refractivity contribution in [3.8, 4) is 0 Å². The number of ether oxygens (including phenoxy) is 1. The third kappa shape index (κ3) is 5.14. The Bertz CT molecular complexity index is 188. The molecule has 0 aliphatic heterocycles. The minimum absolute atomic E-state index is 0.0389. The Hall–Kier alpha value is -0.610. The van der Waals surface area contributed by atoms with Crippen molar-refractivity contribution in [2.75, 3.05) is 19.8 Å². The van der Waals surface area contributed by atoms with Crippen LogP contribution in [0.5, 0.6) is 0 Å². The third-order valence-corrected chi connectivity index (χ3v) is 2.84. The van der Waals surface area contributed by atoms with Crippen molar-refractivity contribution < 1.29 is 14.6 Å². The standard InChI is InChI=1S/C11H21NO3/c1-2-15-8-11(14)12-7-9-3-5-10(13)6-4-9/h9-10,13H,2-8H2,1H3,(H,12,14). The molecule has 1 amide bonds. The van der Waals surface area contributed by atoms with Crippen LogP contribution in [0.15, 0.2) is 0 Å². The molecular formula is C11H21NO3. The average Bonchev–Trinajstić information content (AvgIpc) is 2.25. The van der Waals surface area contributed by atoms with Crippen molar-refractivity contribution in [3.05, 3.63) is 0 Å². The minimum atomic E-state index is -0.125. The molecule has 0 atom stereocenters. The van der Waals surface area contributed by atoms with Crippen LogP contribution < -0.4 is 5.32 Å². The van der Waals surface area contributed by atoms with Crippen LogP contribution in [0.25, 0.3) is 0 Å². The molecule has 0 aromatic carbocycles. The molecule has 1 aliphatic rings. The lowest BCUT2D eigenvalue weighted by Crippen LogP contribution is -2.34. The maximum atomic E-state index is 11.2. The summed E-state index contributed by atoms with van der Waals surface area (Å²) in [5.41, 5.74) is 0. The van der Waals surface area contributed by atoms with E-state index in [4.69, 9.17) is 4.74 Å². The van der Waals surface area contributed by atoms with Gasteiger partial charge in [-0.2, -0.15) is 0 Å². The number of aliphatic hydroxyl groups is 1. The van der Waals surface area contributed by atoms with Crippen LogP contribution >= 0.6 is 0 Å². The van der Waals surface area contributed by atoms with E-state index in [1.165, 1.54) is 0 Å². The van der Waals surface area contributed by atoms with E-state index in [2.05, 4.69) is 5.32 Å². The summed E-state index contributed by atoms with van der Waals surface area (Å²) >= 11 is 0. The van der Waals surface area contributed by atoms with Gasteiger partial charge in [0.15, 0.2) is 0 Å². The molecule has 0 heterocycles. The first kappa shape index (κ1) is 12.5. The molecule has 15 heavy (non-hydrogen) atoms. The second-order valence-electron chi connectivity index (χ2n) is 4.12. The van der Waals surface area contributed by atoms with E-state index in [0.29, 0.717) is 12.5 Å². The van der Waals surface area contributed by atoms with Gasteiger partial charge in [-0.1, -0.05) is 0 Å². The molecule has 0 radical (unpaired) electrons. The van der Waals surface area contributed by atoms with Gasteiger partial charge in [0, 0.05) is 13.2 Å². The molecule has 1 aliphatic carbocycles. The highest BCUT2D eigenvalue weighted by atomic mass is 16.5. The van der Waals surface area contributed by atoms with E-state index in [1.54, 1.807) is 0 Å². The Kier molecular flexibility index (Phi) is 5.65. The number of amides is 1. The Labute approximate surface area is 91.0 Å². The number of hydrogen-bond acceptors (Lipinski definition) is 3. The first-order chi connectivity index (χ1) is 7.22. The normalized spacial score (nSPS) is 26.3. The summed E-state index contributed by atoms with van der Waals surface area (Å²) in [6.45, 7) is 3.32. The Morgan fingerprint density at radius 1 is 1.40 bits per heavy atom. The van der Waals surface area contributed by atoms with Crippen molar-refractivity contribution in [1.82, 2.24) is 5.32 Å². The number of hydrogen-bond donors (Lipinski definition) is 2. The first-order valence-corrected chi connectivity index (χ1v) is 5.75. The van der Waals surface area contributed by atoms with Gasteiger partial charge in [0.2, 0.25) is 5.91 Å². The number of aliphatic hydroxyl groups excluding tert-OH is 1. The topological polar surface area (TPSA) is 58.6 Å². The van der Waals surface area contributed by atoms with Crippen molar-refractivity contribution in [2.45, 2.75) is 38.7 Å². The van der Waals surface area contributed by atoms with Gasteiger partial charge in [0.05, 0.1) is 6.10 Å². The Morgan fingerprint density at radius 2 is 2.07 bits per heavy atom. The van der Waals surface area contributed by atoms with Crippen molar-refractivity contribution in [1.29, 1.82) is 0 Å². The average molecular weight is 215 g/mol. The van der Waals surface area contributed by atoms with Crippen molar-refractivity contribution in [2.24, 2.45) is 5.92 Å². The van der Waals surface area contributed by atoms with Gasteiger partial charge in [-0.05, 0) is 38.5 Å². The van der Waals surface area contributed by atoms with Crippen LogP contribution in [0.2, 0.25) is 0 Å². The zero-order chi connectivity index (χ0) is 11.1. The Morgan fingerprint density at radius 3 is 2.67 bits per heavy atom. The van der Waals surface area contributed by atoms with E-state index in [-0.39, 0.29) is 18.6 Å². The molecule has 0 aromatic heterocycles. The molecule has 2 N–H and O–H groups in total. The van der Waals surface area contributed by atoms with Crippen LogP contribution in [-0.2, 0) is 9.53 Å². The first-order valence-electron chi connectivity index (χ1n) is 5.75. The van der Waals surface area contributed by atoms with E-state index in [1.807, 2.05) is 6.92 Å². The summed E-state index contributed by atoms with van der Waals surface area (Å²) in [6, 6.07) is 0. The summed E-state index contributed by atoms with van der Waals surface area (Å²) in [5.74, 6) is 0.488. The van der Waals surface area contributed by atoms with Gasteiger partial charge in [-0.25, -0.2) is 0 Å². The van der Waals surface area contributed by atoms with E-state index >= 15 is 0 Å². The van der Waals surface area contributed by atoms with Gasteiger partial charge in [-0.15, -0.1) is 0 Å². The summed E-state index contributed by atoms with van der Waals surface area (Å²) in [6.07, 6.45) is 3.63. The predicted molar refractivity (Wildman–Crippen MR) is 57.5 cm³/mol. The predicted octanol–water partition coefficient (Wildman–Crippen LogP) is 0.690. The molecule has 0 aromatic rings. The lowest BCUT2D eigenvalue weighted by Gasteiger charge is -2.25. The summed E-state index contributed by atoms with van der Waals surface area (Å²) in [5, 5.41) is 12.2. The van der Waals surface area contributed by atoms with Crippen molar-refractivity contribution in [3.63, 3.8) is 0 Å². The summed E-state index contributed by atoms with van der Waals surface area (Å²) in [4.78, 5) is 11.2. The molecule has 0 saturated heterocycles. The van der Waals surface area contributed by atoms with Crippen LogP contribution in [0.3, 0.4) is 0 Å². The van der Waals surface area contributed by atoms with Gasteiger partial charge in [0.25, 0.3) is 0 Å². The molecule has 1 fully saturated rings. The smallest absolute Gasteiger partial charge is 0.246 e. The van der Waals surface area contributed by atoms with Gasteiger partial charge in [0.1, 0.15) is 6.61 Å². The fourth-order valence-electron chi connectivity index (χ4n) is 1.85. The number of carbonyl (C=O) groups excluding carboxylic acids is 1. The number of carbonyl (C=O) groups is 1. The molecular weight excluding hydrogens is 194 g/mol. The minimum Gasteiger partial charge on any atom is -0.393 e. The van der Waals surface area contributed by atoms with Gasteiger partial charge < -0.3 is 15.2 Å². The maximum absolute atomic E-state index is 11.2. The molecule has 1 rings (SSSR count). The molecule has 4 nitrogen and oxygen atoms in total. The second-order valence-corrected chi connectivity index (χ2v) is 4.12. The van der Waals surface area contributed by atoms with Gasteiger partial charge in [-0.3, -0.25) is 4.79 Å². The van der Waals surface area contributed by atoms with Crippen LogP contribution in [0.1, 0.15) is 32.6 Å².